The zero-order valence-electron chi connectivity index (χ0n) is 14.5. The standard InChI is InChI=1S/C24H17NS2/c26-23-20(16-11-5-2-6-12-16)19(15-9-3-1-4-10-15)21-17-13-7-8-14-18(17)25-22(21)24(23)27/h1-14,25-27H. The van der Waals surface area contributed by atoms with E-state index >= 15 is 0 Å². The van der Waals surface area contributed by atoms with Crippen LogP contribution >= 0.6 is 25.3 Å². The number of hydrogen-bond acceptors (Lipinski definition) is 2. The van der Waals surface area contributed by atoms with Gasteiger partial charge in [0.1, 0.15) is 0 Å². The molecule has 0 unspecified atom stereocenters. The van der Waals surface area contributed by atoms with Crippen molar-refractivity contribution < 1.29 is 0 Å². The van der Waals surface area contributed by atoms with Crippen LogP contribution in [0.2, 0.25) is 0 Å². The lowest BCUT2D eigenvalue weighted by molar-refractivity contribution is 1.29. The number of aromatic nitrogens is 1. The van der Waals surface area contributed by atoms with Gasteiger partial charge in [0.2, 0.25) is 0 Å². The highest BCUT2D eigenvalue weighted by molar-refractivity contribution is 7.83. The molecule has 0 saturated heterocycles. The quantitative estimate of drug-likeness (QED) is 0.267. The van der Waals surface area contributed by atoms with Crippen LogP contribution in [0.5, 0.6) is 0 Å². The highest BCUT2D eigenvalue weighted by atomic mass is 32.1. The molecule has 0 bridgehead atoms. The number of benzene rings is 4. The molecule has 0 atom stereocenters. The number of nitrogens with one attached hydrogen (secondary N) is 1. The molecule has 0 spiro atoms. The third-order valence-electron chi connectivity index (χ3n) is 5.03. The van der Waals surface area contributed by atoms with Crippen molar-refractivity contribution in [3.05, 3.63) is 84.9 Å². The summed E-state index contributed by atoms with van der Waals surface area (Å²) < 4.78 is 0. The van der Waals surface area contributed by atoms with Crippen LogP contribution in [0.15, 0.2) is 94.7 Å². The van der Waals surface area contributed by atoms with Gasteiger partial charge in [0.05, 0.1) is 5.52 Å². The van der Waals surface area contributed by atoms with Gasteiger partial charge in [0, 0.05) is 37.2 Å². The lowest BCUT2D eigenvalue weighted by Crippen LogP contribution is -1.91. The summed E-state index contributed by atoms with van der Waals surface area (Å²) in [4.78, 5) is 5.32. The van der Waals surface area contributed by atoms with Gasteiger partial charge in [-0.15, -0.1) is 25.3 Å². The molecule has 130 valence electrons. The molecular weight excluding hydrogens is 366 g/mol. The third kappa shape index (κ3) is 2.58. The van der Waals surface area contributed by atoms with E-state index in [0.717, 1.165) is 32.0 Å². The van der Waals surface area contributed by atoms with Gasteiger partial charge in [-0.05, 0) is 17.2 Å². The molecule has 1 nitrogen and oxygen atoms in total. The second kappa shape index (κ2) is 6.52. The highest BCUT2D eigenvalue weighted by Crippen LogP contribution is 2.47. The summed E-state index contributed by atoms with van der Waals surface area (Å²) in [5, 5.41) is 2.39. The van der Waals surface area contributed by atoms with Crippen LogP contribution in [-0.4, -0.2) is 4.98 Å². The van der Waals surface area contributed by atoms with Crippen molar-refractivity contribution in [1.82, 2.24) is 4.98 Å². The average Bonchev–Trinajstić information content (AvgIpc) is 3.11. The first kappa shape index (κ1) is 16.5. The molecule has 0 aliphatic heterocycles. The zero-order valence-corrected chi connectivity index (χ0v) is 16.3. The van der Waals surface area contributed by atoms with Crippen molar-refractivity contribution >= 4 is 47.1 Å². The summed E-state index contributed by atoms with van der Waals surface area (Å²) in [7, 11) is 0. The predicted octanol–water partition coefficient (Wildman–Crippen LogP) is 7.23. The van der Waals surface area contributed by atoms with Crippen molar-refractivity contribution in [1.29, 1.82) is 0 Å². The predicted molar refractivity (Wildman–Crippen MR) is 121 cm³/mol. The van der Waals surface area contributed by atoms with Gasteiger partial charge in [0.25, 0.3) is 0 Å². The Morgan fingerprint density at radius 3 is 1.78 bits per heavy atom. The molecule has 27 heavy (non-hydrogen) atoms. The largest absolute Gasteiger partial charge is 0.354 e. The van der Waals surface area contributed by atoms with E-state index in [2.05, 4.69) is 77.8 Å². The van der Waals surface area contributed by atoms with Gasteiger partial charge in [-0.2, -0.15) is 0 Å². The monoisotopic (exact) mass is 383 g/mol. The number of hydrogen-bond donors (Lipinski definition) is 3. The van der Waals surface area contributed by atoms with Crippen molar-refractivity contribution in [3.63, 3.8) is 0 Å². The van der Waals surface area contributed by atoms with Gasteiger partial charge in [-0.25, -0.2) is 0 Å². The summed E-state index contributed by atoms with van der Waals surface area (Å²) in [5.41, 5.74) is 6.77. The van der Waals surface area contributed by atoms with Crippen molar-refractivity contribution in [3.8, 4) is 22.3 Å². The fourth-order valence-corrected chi connectivity index (χ4v) is 4.47. The van der Waals surface area contributed by atoms with E-state index in [1.54, 1.807) is 0 Å². The Morgan fingerprint density at radius 2 is 1.11 bits per heavy atom. The zero-order chi connectivity index (χ0) is 18.4. The summed E-state index contributed by atoms with van der Waals surface area (Å²) >= 11 is 9.75. The minimum absolute atomic E-state index is 0.878. The highest BCUT2D eigenvalue weighted by Gasteiger charge is 2.21. The fourth-order valence-electron chi connectivity index (χ4n) is 3.84. The molecule has 5 rings (SSSR count). The number of rotatable bonds is 2. The Balaban J connectivity index is 2.05. The average molecular weight is 384 g/mol. The Hall–Kier alpha value is -2.62. The molecule has 1 heterocycles. The molecule has 4 aromatic carbocycles. The topological polar surface area (TPSA) is 15.8 Å². The van der Waals surface area contributed by atoms with E-state index in [0.29, 0.717) is 0 Å². The van der Waals surface area contributed by atoms with Crippen LogP contribution in [-0.2, 0) is 0 Å². The fraction of sp³-hybridized carbons (Fsp3) is 0. The van der Waals surface area contributed by atoms with E-state index in [1.807, 2.05) is 12.1 Å². The second-order valence-electron chi connectivity index (χ2n) is 6.60. The molecule has 0 fully saturated rings. The maximum atomic E-state index is 4.90. The number of thiol groups is 2. The van der Waals surface area contributed by atoms with Gasteiger partial charge in [-0.3, -0.25) is 0 Å². The number of fused-ring (bicyclic) bond motifs is 3. The molecule has 0 amide bonds. The molecule has 3 heteroatoms. The van der Waals surface area contributed by atoms with Gasteiger partial charge in [0.15, 0.2) is 0 Å². The molecule has 0 saturated carbocycles. The Labute approximate surface area is 168 Å². The van der Waals surface area contributed by atoms with Crippen LogP contribution in [0.1, 0.15) is 0 Å². The van der Waals surface area contributed by atoms with Gasteiger partial charge >= 0.3 is 0 Å². The van der Waals surface area contributed by atoms with E-state index in [-0.39, 0.29) is 0 Å². The first-order chi connectivity index (χ1) is 13.3. The second-order valence-corrected chi connectivity index (χ2v) is 7.49. The molecule has 0 aliphatic rings. The molecule has 1 N–H and O–H groups in total. The van der Waals surface area contributed by atoms with Gasteiger partial charge in [-0.1, -0.05) is 78.9 Å². The maximum Gasteiger partial charge on any atom is 0.0618 e. The molecule has 0 aliphatic carbocycles. The Bertz CT molecular complexity index is 1270. The van der Waals surface area contributed by atoms with Crippen molar-refractivity contribution in [2.24, 2.45) is 0 Å². The minimum Gasteiger partial charge on any atom is -0.354 e. The van der Waals surface area contributed by atoms with E-state index < -0.39 is 0 Å². The maximum absolute atomic E-state index is 4.90. The summed E-state index contributed by atoms with van der Waals surface area (Å²) in [6.45, 7) is 0. The van der Waals surface area contributed by atoms with Crippen LogP contribution in [0.4, 0.5) is 0 Å². The van der Waals surface area contributed by atoms with Crippen LogP contribution in [0, 0.1) is 0 Å². The number of aromatic amines is 1. The summed E-state index contributed by atoms with van der Waals surface area (Å²) in [5.74, 6) is 0. The molecular formula is C24H17NS2. The van der Waals surface area contributed by atoms with E-state index in [9.17, 15) is 0 Å². The van der Waals surface area contributed by atoms with Gasteiger partial charge < -0.3 is 4.98 Å². The molecule has 5 aromatic rings. The van der Waals surface area contributed by atoms with Crippen LogP contribution < -0.4 is 0 Å². The van der Waals surface area contributed by atoms with E-state index in [1.165, 1.54) is 21.9 Å². The lowest BCUT2D eigenvalue weighted by atomic mass is 9.90. The Morgan fingerprint density at radius 1 is 0.556 bits per heavy atom. The van der Waals surface area contributed by atoms with Crippen LogP contribution in [0.3, 0.4) is 0 Å². The van der Waals surface area contributed by atoms with Crippen molar-refractivity contribution in [2.45, 2.75) is 9.79 Å². The third-order valence-corrected chi connectivity index (χ3v) is 6.10. The van der Waals surface area contributed by atoms with Crippen molar-refractivity contribution in [2.75, 3.05) is 0 Å². The normalized spacial score (nSPS) is 11.3. The number of H-pyrrole nitrogens is 1. The summed E-state index contributed by atoms with van der Waals surface area (Å²) in [6.07, 6.45) is 0. The first-order valence-corrected chi connectivity index (χ1v) is 9.74. The number of para-hydroxylation sites is 1. The lowest BCUT2D eigenvalue weighted by Gasteiger charge is -2.17. The first-order valence-electron chi connectivity index (χ1n) is 8.85. The van der Waals surface area contributed by atoms with E-state index in [4.69, 9.17) is 25.3 Å². The minimum atomic E-state index is 0.878. The Kier molecular flexibility index (Phi) is 4.00. The summed E-state index contributed by atoms with van der Waals surface area (Å²) in [6, 6.07) is 29.4. The molecule has 0 radical (unpaired) electrons. The van der Waals surface area contributed by atoms with Crippen LogP contribution in [0.25, 0.3) is 44.1 Å². The smallest absolute Gasteiger partial charge is 0.0618 e. The SMILES string of the molecule is Sc1c(-c2ccccc2)c(-c2ccccc2)c2c([nH]c3ccccc32)c1S. The molecule has 1 aromatic heterocycles.